The molecule has 0 atom stereocenters. The molecule has 1 aromatic carbocycles. The lowest BCUT2D eigenvalue weighted by Gasteiger charge is -2.28. The second-order valence-corrected chi connectivity index (χ2v) is 6.17. The number of carbonyl (C=O) groups is 1. The molecular weight excluding hydrogens is 353 g/mol. The minimum atomic E-state index is -0.158. The summed E-state index contributed by atoms with van der Waals surface area (Å²) in [6.07, 6.45) is 1.48. The van der Waals surface area contributed by atoms with Crippen LogP contribution in [0.5, 0.6) is 0 Å². The summed E-state index contributed by atoms with van der Waals surface area (Å²) in [6, 6.07) is 6.57. The van der Waals surface area contributed by atoms with Crippen molar-refractivity contribution in [2.24, 2.45) is 0 Å². The predicted molar refractivity (Wildman–Crippen MR) is 86.7 cm³/mol. The Morgan fingerprint density at radius 3 is 2.79 bits per heavy atom. The summed E-state index contributed by atoms with van der Waals surface area (Å²) in [5.41, 5.74) is 1.04. The molecule has 4 rings (SSSR count). The van der Waals surface area contributed by atoms with Crippen LogP contribution in [-0.4, -0.2) is 37.3 Å². The van der Waals surface area contributed by atoms with Crippen molar-refractivity contribution in [3.8, 4) is 11.5 Å². The summed E-state index contributed by atoms with van der Waals surface area (Å²) >= 11 is 12.0. The van der Waals surface area contributed by atoms with E-state index in [1.165, 1.54) is 6.26 Å². The highest BCUT2D eigenvalue weighted by Crippen LogP contribution is 2.25. The molecule has 1 aliphatic heterocycles. The quantitative estimate of drug-likeness (QED) is 0.699. The van der Waals surface area contributed by atoms with Gasteiger partial charge in [-0.3, -0.25) is 4.79 Å². The van der Waals surface area contributed by atoms with E-state index in [0.29, 0.717) is 52.6 Å². The van der Waals surface area contributed by atoms with Gasteiger partial charge >= 0.3 is 0 Å². The van der Waals surface area contributed by atoms with Gasteiger partial charge in [0.05, 0.1) is 17.1 Å². The van der Waals surface area contributed by atoms with Crippen LogP contribution < -0.4 is 0 Å². The first-order valence-corrected chi connectivity index (χ1v) is 7.96. The molecule has 7 nitrogen and oxygen atoms in total. The molecule has 0 fully saturated rings. The van der Waals surface area contributed by atoms with Gasteiger partial charge in [0.25, 0.3) is 5.91 Å². The van der Waals surface area contributed by atoms with Gasteiger partial charge in [-0.25, -0.2) is 0 Å². The molecule has 0 N–H and O–H groups in total. The summed E-state index contributed by atoms with van der Waals surface area (Å²) in [7, 11) is 0. The van der Waals surface area contributed by atoms with E-state index in [-0.39, 0.29) is 5.91 Å². The molecule has 122 valence electrons. The fraction of sp³-hybridized carbons (Fsp3) is 0.200. The number of hydrogen-bond donors (Lipinski definition) is 0. The highest BCUT2D eigenvalue weighted by molar-refractivity contribution is 6.36. The van der Waals surface area contributed by atoms with E-state index in [1.807, 2.05) is 4.57 Å². The molecule has 0 unspecified atom stereocenters. The molecule has 24 heavy (non-hydrogen) atoms. The molecule has 0 saturated carbocycles. The Labute approximate surface area is 146 Å². The van der Waals surface area contributed by atoms with E-state index in [2.05, 4.69) is 15.4 Å². The van der Waals surface area contributed by atoms with Gasteiger partial charge in [-0.1, -0.05) is 28.4 Å². The van der Waals surface area contributed by atoms with Crippen LogP contribution in [0.3, 0.4) is 0 Å². The lowest BCUT2D eigenvalue weighted by molar-refractivity contribution is 0.0708. The third-order valence-electron chi connectivity index (χ3n) is 3.87. The van der Waals surface area contributed by atoms with Crippen molar-refractivity contribution in [2.75, 3.05) is 6.54 Å². The number of rotatable bonds is 2. The smallest absolute Gasteiger partial charge is 0.255 e. The number of halogens is 2. The normalized spacial score (nSPS) is 13.8. The highest BCUT2D eigenvalue weighted by Gasteiger charge is 2.27. The summed E-state index contributed by atoms with van der Waals surface area (Å²) in [6.45, 7) is 1.44. The molecule has 0 radical (unpaired) electrons. The van der Waals surface area contributed by atoms with Crippen molar-refractivity contribution >= 4 is 29.1 Å². The van der Waals surface area contributed by atoms with E-state index < -0.39 is 0 Å². The van der Waals surface area contributed by atoms with Crippen molar-refractivity contribution in [2.45, 2.75) is 13.1 Å². The molecule has 9 heteroatoms. The second-order valence-electron chi connectivity index (χ2n) is 5.33. The van der Waals surface area contributed by atoms with Gasteiger partial charge in [0.1, 0.15) is 6.26 Å². The van der Waals surface area contributed by atoms with E-state index >= 15 is 0 Å². The van der Waals surface area contributed by atoms with Crippen LogP contribution >= 0.6 is 23.2 Å². The number of amides is 1. The Morgan fingerprint density at radius 1 is 1.17 bits per heavy atom. The molecule has 0 aliphatic carbocycles. The first kappa shape index (κ1) is 15.2. The van der Waals surface area contributed by atoms with Gasteiger partial charge < -0.3 is 14.0 Å². The standard InChI is InChI=1S/C15H11Cl2N5O2/c16-9-1-2-10(11(17)7-9)15(23)21-4-5-22-13(8-21)18-19-14(22)12-3-6-24-20-12/h1-3,6-7H,4-5,8H2. The molecular formula is C15H11Cl2N5O2. The number of hydrogen-bond acceptors (Lipinski definition) is 5. The maximum absolute atomic E-state index is 12.7. The summed E-state index contributed by atoms with van der Waals surface area (Å²) in [4.78, 5) is 14.4. The van der Waals surface area contributed by atoms with E-state index in [9.17, 15) is 4.79 Å². The number of nitrogens with zero attached hydrogens (tertiary/aromatic N) is 5. The summed E-state index contributed by atoms with van der Waals surface area (Å²) in [5.74, 6) is 1.17. The summed E-state index contributed by atoms with van der Waals surface area (Å²) in [5, 5.41) is 13.0. The molecule has 1 amide bonds. The summed E-state index contributed by atoms with van der Waals surface area (Å²) < 4.78 is 6.78. The van der Waals surface area contributed by atoms with Crippen LogP contribution in [0.25, 0.3) is 11.5 Å². The molecule has 0 spiro atoms. The molecule has 1 aliphatic rings. The maximum Gasteiger partial charge on any atom is 0.255 e. The number of fused-ring (bicyclic) bond motifs is 1. The lowest BCUT2D eigenvalue weighted by Crippen LogP contribution is -2.38. The fourth-order valence-corrected chi connectivity index (χ4v) is 3.17. The third kappa shape index (κ3) is 2.55. The zero-order chi connectivity index (χ0) is 16.7. The van der Waals surface area contributed by atoms with Crippen LogP contribution in [0.2, 0.25) is 10.0 Å². The Morgan fingerprint density at radius 2 is 2.04 bits per heavy atom. The average molecular weight is 364 g/mol. The molecule has 2 aromatic heterocycles. The molecule has 0 bridgehead atoms. The minimum Gasteiger partial charge on any atom is -0.364 e. The van der Waals surface area contributed by atoms with Gasteiger partial charge in [-0.2, -0.15) is 0 Å². The minimum absolute atomic E-state index is 0.158. The maximum atomic E-state index is 12.7. The monoisotopic (exact) mass is 363 g/mol. The zero-order valence-corrected chi connectivity index (χ0v) is 13.8. The van der Waals surface area contributed by atoms with Crippen LogP contribution in [-0.2, 0) is 13.1 Å². The Hall–Kier alpha value is -2.38. The van der Waals surface area contributed by atoms with Gasteiger partial charge in [-0.15, -0.1) is 10.2 Å². The number of benzene rings is 1. The fourth-order valence-electron chi connectivity index (χ4n) is 2.68. The van der Waals surface area contributed by atoms with Gasteiger partial charge in [-0.05, 0) is 18.2 Å². The van der Waals surface area contributed by atoms with Crippen molar-refractivity contribution in [1.29, 1.82) is 0 Å². The Balaban J connectivity index is 1.60. The van der Waals surface area contributed by atoms with E-state index in [1.54, 1.807) is 29.2 Å². The van der Waals surface area contributed by atoms with Gasteiger partial charge in [0.15, 0.2) is 17.3 Å². The van der Waals surface area contributed by atoms with Gasteiger partial charge in [0, 0.05) is 24.2 Å². The molecule has 3 heterocycles. The van der Waals surface area contributed by atoms with Crippen LogP contribution in [0.1, 0.15) is 16.2 Å². The zero-order valence-electron chi connectivity index (χ0n) is 12.3. The van der Waals surface area contributed by atoms with E-state index in [0.717, 1.165) is 0 Å². The number of carbonyl (C=O) groups excluding carboxylic acids is 1. The van der Waals surface area contributed by atoms with Crippen molar-refractivity contribution in [3.05, 3.63) is 52.0 Å². The Bertz CT molecular complexity index is 907. The van der Waals surface area contributed by atoms with Crippen LogP contribution in [0, 0.1) is 0 Å². The average Bonchev–Trinajstić information content (AvgIpc) is 3.22. The third-order valence-corrected chi connectivity index (χ3v) is 4.42. The lowest BCUT2D eigenvalue weighted by atomic mass is 10.2. The second kappa shape index (κ2) is 5.92. The van der Waals surface area contributed by atoms with Crippen LogP contribution in [0.15, 0.2) is 35.1 Å². The van der Waals surface area contributed by atoms with E-state index in [4.69, 9.17) is 27.7 Å². The Kier molecular flexibility index (Phi) is 3.74. The molecule has 3 aromatic rings. The van der Waals surface area contributed by atoms with Crippen molar-refractivity contribution in [1.82, 2.24) is 24.8 Å². The van der Waals surface area contributed by atoms with Crippen molar-refractivity contribution < 1.29 is 9.32 Å². The highest BCUT2D eigenvalue weighted by atomic mass is 35.5. The SMILES string of the molecule is O=C(c1ccc(Cl)cc1Cl)N1CCn2c(nnc2-c2ccon2)C1. The molecule has 0 saturated heterocycles. The largest absolute Gasteiger partial charge is 0.364 e. The van der Waals surface area contributed by atoms with Gasteiger partial charge in [0.2, 0.25) is 0 Å². The topological polar surface area (TPSA) is 77.0 Å². The first-order chi connectivity index (χ1) is 11.6. The predicted octanol–water partition coefficient (Wildman–Crippen LogP) is 2.90. The van der Waals surface area contributed by atoms with Crippen LogP contribution in [0.4, 0.5) is 0 Å². The van der Waals surface area contributed by atoms with Crippen molar-refractivity contribution in [3.63, 3.8) is 0 Å². The number of aromatic nitrogens is 4. The first-order valence-electron chi connectivity index (χ1n) is 7.20.